The van der Waals surface area contributed by atoms with Gasteiger partial charge in [0.25, 0.3) is 0 Å². The second kappa shape index (κ2) is 10.1. The summed E-state index contributed by atoms with van der Waals surface area (Å²) >= 11 is 0. The van der Waals surface area contributed by atoms with E-state index in [4.69, 9.17) is 4.74 Å². The minimum absolute atomic E-state index is 0.0203. The van der Waals surface area contributed by atoms with Gasteiger partial charge in [0.1, 0.15) is 23.8 Å². The van der Waals surface area contributed by atoms with Crippen LogP contribution in [0.4, 0.5) is 0 Å². The molecule has 0 fully saturated rings. The molecule has 2 aromatic heterocycles. The third-order valence-electron chi connectivity index (χ3n) is 5.31. The highest BCUT2D eigenvalue weighted by Crippen LogP contribution is 2.35. The lowest BCUT2D eigenvalue weighted by molar-refractivity contribution is -0.155. The van der Waals surface area contributed by atoms with E-state index in [2.05, 4.69) is 26.7 Å². The molecule has 0 atom stereocenters. The molecule has 182 valence electrons. The first-order chi connectivity index (χ1) is 16.4. The number of carbonyl (C=O) groups excluding carboxylic acids is 2. The molecule has 0 bridgehead atoms. The van der Waals surface area contributed by atoms with Crippen molar-refractivity contribution < 1.29 is 14.3 Å². The average Bonchev–Trinajstić information content (AvgIpc) is 3.13. The first-order valence-corrected chi connectivity index (χ1v) is 11.3. The summed E-state index contributed by atoms with van der Waals surface area (Å²) in [7, 11) is 0. The van der Waals surface area contributed by atoms with Gasteiger partial charge in [-0.1, -0.05) is 0 Å². The van der Waals surface area contributed by atoms with E-state index < -0.39 is 5.60 Å². The number of amidine groups is 1. The first-order valence-electron chi connectivity index (χ1n) is 11.3. The van der Waals surface area contributed by atoms with E-state index in [1.165, 1.54) is 6.92 Å². The largest absolute Gasteiger partial charge is 0.459 e. The fourth-order valence-electron chi connectivity index (χ4n) is 3.66. The van der Waals surface area contributed by atoms with E-state index in [-0.39, 0.29) is 18.3 Å². The summed E-state index contributed by atoms with van der Waals surface area (Å²) in [5.74, 6) is 0.722. The van der Waals surface area contributed by atoms with Crippen LogP contribution in [0.1, 0.15) is 63.3 Å². The van der Waals surface area contributed by atoms with Crippen LogP contribution in [0.2, 0.25) is 0 Å². The second-order valence-corrected chi connectivity index (χ2v) is 9.39. The number of hydrogen-bond donors (Lipinski definition) is 0. The molecule has 1 aromatic carbocycles. The number of aliphatic imine (C=N–C) groups is 2. The monoisotopic (exact) mass is 473 g/mol. The zero-order valence-corrected chi connectivity index (χ0v) is 21.3. The highest BCUT2D eigenvalue weighted by molar-refractivity contribution is 6.09. The van der Waals surface area contributed by atoms with Gasteiger partial charge in [0.2, 0.25) is 0 Å². The average molecular weight is 474 g/mol. The topological polar surface area (TPSA) is 98.8 Å². The maximum atomic E-state index is 12.6. The Bertz CT molecular complexity index is 1360. The van der Waals surface area contributed by atoms with Crippen molar-refractivity contribution in [3.63, 3.8) is 0 Å². The number of benzene rings is 1. The van der Waals surface area contributed by atoms with E-state index in [1.54, 1.807) is 36.3 Å². The third kappa shape index (κ3) is 6.15. The van der Waals surface area contributed by atoms with Gasteiger partial charge in [-0.25, -0.2) is 20.0 Å². The summed E-state index contributed by atoms with van der Waals surface area (Å²) in [4.78, 5) is 42.0. The Balaban J connectivity index is 2.28. The van der Waals surface area contributed by atoms with Crippen LogP contribution in [0.3, 0.4) is 0 Å². The highest BCUT2D eigenvalue weighted by Gasteiger charge is 2.21. The summed E-state index contributed by atoms with van der Waals surface area (Å²) < 4.78 is 7.27. The molecule has 2 heterocycles. The minimum Gasteiger partial charge on any atom is -0.459 e. The maximum absolute atomic E-state index is 12.6. The second-order valence-electron chi connectivity index (χ2n) is 9.39. The van der Waals surface area contributed by atoms with Crippen LogP contribution in [0.5, 0.6) is 0 Å². The van der Waals surface area contributed by atoms with Gasteiger partial charge in [0.15, 0.2) is 5.78 Å². The molecular formula is C27H31N5O3. The number of hydrogen-bond acceptors (Lipinski definition) is 6. The minimum atomic E-state index is -0.609. The number of ketones is 1. The van der Waals surface area contributed by atoms with Gasteiger partial charge in [-0.05, 0) is 84.0 Å². The van der Waals surface area contributed by atoms with Crippen molar-refractivity contribution in [3.8, 4) is 11.1 Å². The zero-order chi connectivity index (χ0) is 25.9. The molecule has 3 rings (SSSR count). The molecule has 0 unspecified atom stereocenters. The lowest BCUT2D eigenvalue weighted by atomic mass is 9.94. The predicted octanol–water partition coefficient (Wildman–Crippen LogP) is 5.43. The molecule has 0 aliphatic carbocycles. The summed E-state index contributed by atoms with van der Waals surface area (Å²) in [6.45, 7) is 16.0. The number of esters is 1. The van der Waals surface area contributed by atoms with E-state index in [0.717, 1.165) is 33.2 Å². The van der Waals surface area contributed by atoms with Gasteiger partial charge in [0, 0.05) is 46.8 Å². The Labute approximate surface area is 205 Å². The molecule has 0 aliphatic rings. The number of carbonyl (C=O) groups is 2. The van der Waals surface area contributed by atoms with E-state index in [9.17, 15) is 9.59 Å². The predicted molar refractivity (Wildman–Crippen MR) is 140 cm³/mol. The molecule has 0 radical (unpaired) electrons. The maximum Gasteiger partial charge on any atom is 0.326 e. The van der Waals surface area contributed by atoms with Crippen molar-refractivity contribution in [2.45, 2.75) is 60.6 Å². The number of fused-ring (bicyclic) bond motifs is 1. The van der Waals surface area contributed by atoms with E-state index in [0.29, 0.717) is 17.2 Å². The van der Waals surface area contributed by atoms with Crippen LogP contribution in [0.25, 0.3) is 27.6 Å². The van der Waals surface area contributed by atoms with Gasteiger partial charge in [-0.2, -0.15) is 0 Å². The molecule has 0 amide bonds. The van der Waals surface area contributed by atoms with Gasteiger partial charge < -0.3 is 9.30 Å². The number of rotatable bonds is 6. The van der Waals surface area contributed by atoms with Gasteiger partial charge in [-0.3, -0.25) is 9.59 Å². The standard InChI is InChI=1S/C27H31N5O3/c1-16(11-29-18(3)28-8)21-9-23-24(17(2)33)14-32(15-26(34)35-27(5,6)7)25(23)10-22(21)20-12-30-19(4)31-13-20/h9-14H,8,15H2,1-7H3/b16-11+,29-18-. The number of ether oxygens (including phenoxy) is 1. The van der Waals surface area contributed by atoms with Crippen LogP contribution in [-0.4, -0.2) is 44.4 Å². The Morgan fingerprint density at radius 2 is 1.77 bits per heavy atom. The molecular weight excluding hydrogens is 442 g/mol. The quantitative estimate of drug-likeness (QED) is 0.206. The molecule has 8 heteroatoms. The Hall–Kier alpha value is -3.94. The molecule has 35 heavy (non-hydrogen) atoms. The summed E-state index contributed by atoms with van der Waals surface area (Å²) in [5, 5.41) is 0.739. The van der Waals surface area contributed by atoms with Crippen molar-refractivity contribution in [3.05, 3.63) is 53.9 Å². The summed E-state index contributed by atoms with van der Waals surface area (Å²) in [6.07, 6.45) is 6.94. The van der Waals surface area contributed by atoms with Crippen LogP contribution in [0.15, 0.2) is 46.9 Å². The van der Waals surface area contributed by atoms with Crippen LogP contribution in [-0.2, 0) is 16.1 Å². The number of allylic oxidation sites excluding steroid dienone is 1. The van der Waals surface area contributed by atoms with Crippen molar-refractivity contribution in [2.75, 3.05) is 0 Å². The first kappa shape index (κ1) is 25.7. The molecule has 0 N–H and O–H groups in total. The fraction of sp³-hybridized carbons (Fsp3) is 0.333. The molecule has 8 nitrogen and oxygen atoms in total. The van der Waals surface area contributed by atoms with Crippen molar-refractivity contribution in [1.82, 2.24) is 14.5 Å². The highest BCUT2D eigenvalue weighted by atomic mass is 16.6. The number of nitrogens with zero attached hydrogens (tertiary/aromatic N) is 5. The van der Waals surface area contributed by atoms with Crippen LogP contribution in [0, 0.1) is 6.92 Å². The van der Waals surface area contributed by atoms with Crippen LogP contribution < -0.4 is 0 Å². The lowest BCUT2D eigenvalue weighted by Crippen LogP contribution is -2.26. The normalized spacial score (nSPS) is 12.7. The van der Waals surface area contributed by atoms with Gasteiger partial charge in [0.05, 0.1) is 0 Å². The molecule has 3 aromatic rings. The van der Waals surface area contributed by atoms with Gasteiger partial charge in [-0.15, -0.1) is 0 Å². The van der Waals surface area contributed by atoms with E-state index in [1.807, 2.05) is 46.8 Å². The number of aromatic nitrogens is 3. The van der Waals surface area contributed by atoms with E-state index >= 15 is 0 Å². The lowest BCUT2D eigenvalue weighted by Gasteiger charge is -2.20. The smallest absolute Gasteiger partial charge is 0.326 e. The van der Waals surface area contributed by atoms with Crippen molar-refractivity contribution >= 4 is 40.8 Å². The molecule has 0 saturated carbocycles. The summed E-state index contributed by atoms with van der Waals surface area (Å²) in [6, 6.07) is 3.90. The Morgan fingerprint density at radius 1 is 1.11 bits per heavy atom. The third-order valence-corrected chi connectivity index (χ3v) is 5.31. The van der Waals surface area contributed by atoms with Crippen LogP contribution >= 0.6 is 0 Å². The number of aryl methyl sites for hydroxylation is 1. The Morgan fingerprint density at radius 3 is 2.34 bits per heavy atom. The summed E-state index contributed by atoms with van der Waals surface area (Å²) in [5.41, 5.74) is 4.03. The number of Topliss-reactive ketones (excluding diaryl/α,β-unsaturated/α-hetero) is 1. The molecule has 0 spiro atoms. The Kier molecular flexibility index (Phi) is 7.43. The zero-order valence-electron chi connectivity index (χ0n) is 21.3. The van der Waals surface area contributed by atoms with Crippen molar-refractivity contribution in [2.24, 2.45) is 9.98 Å². The molecule has 0 saturated heterocycles. The fourth-order valence-corrected chi connectivity index (χ4v) is 3.66. The van der Waals surface area contributed by atoms with Gasteiger partial charge >= 0.3 is 5.97 Å². The SMILES string of the molecule is C=N/C(C)=N\C=C(/C)c1cc2c(C(C)=O)cn(CC(=O)OC(C)(C)C)c2cc1-c1cnc(C)nc1. The van der Waals surface area contributed by atoms with Crippen molar-refractivity contribution in [1.29, 1.82) is 0 Å². The molecule has 0 aliphatic heterocycles.